The van der Waals surface area contributed by atoms with Crippen LogP contribution in [0.1, 0.15) is 79.1 Å². The van der Waals surface area contributed by atoms with Gasteiger partial charge in [0.05, 0.1) is 11.6 Å². The van der Waals surface area contributed by atoms with E-state index in [-0.39, 0.29) is 24.6 Å². The Labute approximate surface area is 397 Å². The Morgan fingerprint density at radius 2 is 1.42 bits per heavy atom. The van der Waals surface area contributed by atoms with Crippen molar-refractivity contribution >= 4 is 50.7 Å². The van der Waals surface area contributed by atoms with Crippen LogP contribution in [0, 0.1) is 0 Å². The summed E-state index contributed by atoms with van der Waals surface area (Å²) >= 11 is 3.89. The zero-order valence-electron chi connectivity index (χ0n) is 38.2. The maximum absolute atomic E-state index is 13.6. The van der Waals surface area contributed by atoms with E-state index in [1.807, 2.05) is 97.1 Å². The van der Waals surface area contributed by atoms with Crippen LogP contribution in [0.15, 0.2) is 142 Å². The standard InChI is InChI=1S/C52H51BrN8O6/c1-7-8-28-42-55-48(59(5)43(62)32-54-50(64)67-51(2,3)4)45(49(63)65-6)60(42)33-34-29-30-41-40(31-34)44(53)46(66-41)38-26-18-19-27-39(38)47-56-58-61(57-47)52(35-20-12-9-13-21-35,36-22-14-10-15-23-36)37-24-16-11-17-25-37/h9-27,29-31H,7-8,28,32-33H2,1-6H3,(H,54,64). The number of nitrogens with zero attached hydrogens (tertiary/aromatic N) is 7. The molecule has 342 valence electrons. The fourth-order valence-electron chi connectivity index (χ4n) is 8.21. The number of methoxy groups -OCH3 is 1. The van der Waals surface area contributed by atoms with Crippen LogP contribution in [0.4, 0.5) is 10.6 Å². The third kappa shape index (κ3) is 9.37. The second-order valence-corrected chi connectivity index (χ2v) is 17.8. The average molecular weight is 964 g/mol. The first-order valence-electron chi connectivity index (χ1n) is 22.0. The van der Waals surface area contributed by atoms with Gasteiger partial charge >= 0.3 is 12.1 Å². The third-order valence-electron chi connectivity index (χ3n) is 11.4. The molecule has 0 aliphatic rings. The Hall–Kier alpha value is -7.39. The van der Waals surface area contributed by atoms with Gasteiger partial charge in [-0.05, 0) is 82.7 Å². The van der Waals surface area contributed by atoms with E-state index in [0.717, 1.165) is 46.0 Å². The molecule has 3 heterocycles. The van der Waals surface area contributed by atoms with Crippen molar-refractivity contribution in [3.63, 3.8) is 0 Å². The summed E-state index contributed by atoms with van der Waals surface area (Å²) < 4.78 is 19.7. The lowest BCUT2D eigenvalue weighted by molar-refractivity contribution is -0.117. The molecular weight excluding hydrogens is 913 g/mol. The Balaban J connectivity index is 1.16. The zero-order chi connectivity index (χ0) is 47.3. The van der Waals surface area contributed by atoms with E-state index in [2.05, 4.69) is 64.6 Å². The minimum atomic E-state index is -0.954. The number of unbranched alkanes of at least 4 members (excludes halogenated alkanes) is 1. The minimum absolute atomic E-state index is 0.110. The number of hydrogen-bond donors (Lipinski definition) is 1. The molecule has 1 N–H and O–H groups in total. The van der Waals surface area contributed by atoms with E-state index in [9.17, 15) is 14.4 Å². The molecule has 0 radical (unpaired) electrons. The smallest absolute Gasteiger partial charge is 0.408 e. The van der Waals surface area contributed by atoms with Crippen molar-refractivity contribution in [2.75, 3.05) is 25.6 Å². The molecule has 0 bridgehead atoms. The van der Waals surface area contributed by atoms with E-state index < -0.39 is 29.1 Å². The second-order valence-electron chi connectivity index (χ2n) is 17.0. The fraction of sp³-hybridized carbons (Fsp3) is 0.250. The van der Waals surface area contributed by atoms with Crippen LogP contribution in [0.2, 0.25) is 0 Å². The number of tetrazole rings is 1. The first-order valence-corrected chi connectivity index (χ1v) is 22.8. The molecule has 8 aromatic rings. The van der Waals surface area contributed by atoms with Crippen molar-refractivity contribution in [3.8, 4) is 22.7 Å². The number of alkyl carbamates (subject to hydrolysis) is 1. The molecule has 15 heteroatoms. The molecule has 0 spiro atoms. The molecule has 0 fully saturated rings. The number of imidazole rings is 1. The first kappa shape index (κ1) is 46.2. The number of amides is 2. The van der Waals surface area contributed by atoms with Gasteiger partial charge in [0.25, 0.3) is 0 Å². The molecule has 3 aromatic heterocycles. The highest BCUT2D eigenvalue weighted by atomic mass is 79.9. The number of carbonyl (C=O) groups is 3. The van der Waals surface area contributed by atoms with Gasteiger partial charge in [0.2, 0.25) is 11.7 Å². The van der Waals surface area contributed by atoms with Gasteiger partial charge in [-0.15, -0.1) is 15.0 Å². The number of aromatic nitrogens is 6. The monoisotopic (exact) mass is 962 g/mol. The van der Waals surface area contributed by atoms with Gasteiger partial charge in [-0.1, -0.05) is 135 Å². The summed E-state index contributed by atoms with van der Waals surface area (Å²) in [5.41, 5.74) is 4.25. The van der Waals surface area contributed by atoms with Crippen molar-refractivity contribution in [3.05, 3.63) is 172 Å². The number of likely N-dealkylation sites (N-methyl/N-ethyl adjacent to an activating group) is 1. The number of benzene rings is 5. The molecule has 0 atom stereocenters. The fourth-order valence-corrected chi connectivity index (χ4v) is 8.81. The van der Waals surface area contributed by atoms with Crippen molar-refractivity contribution in [2.24, 2.45) is 0 Å². The number of rotatable bonds is 15. The second kappa shape index (κ2) is 19.6. The van der Waals surface area contributed by atoms with Crippen LogP contribution in [0.3, 0.4) is 0 Å². The number of anilines is 1. The summed E-state index contributed by atoms with van der Waals surface area (Å²) in [5.74, 6) is 0.550. The Morgan fingerprint density at radius 1 is 0.821 bits per heavy atom. The number of carbonyl (C=O) groups excluding carboxylic acids is 3. The zero-order valence-corrected chi connectivity index (χ0v) is 39.8. The molecule has 8 rings (SSSR count). The maximum atomic E-state index is 13.6. The van der Waals surface area contributed by atoms with E-state index in [1.54, 1.807) is 30.1 Å². The number of nitrogens with one attached hydrogen (secondary N) is 1. The summed E-state index contributed by atoms with van der Waals surface area (Å²) in [6, 6.07) is 44.2. The molecule has 0 aliphatic heterocycles. The number of hydrogen-bond acceptors (Lipinski definition) is 10. The number of halogens is 1. The van der Waals surface area contributed by atoms with Crippen LogP contribution in [0.5, 0.6) is 0 Å². The summed E-state index contributed by atoms with van der Waals surface area (Å²) in [7, 11) is 2.80. The SMILES string of the molecule is CCCCc1nc(N(C)C(=O)CNC(=O)OC(C)(C)C)c(C(=O)OC)n1Cc1ccc2oc(-c3ccccc3-c3nnn(C(c4ccccc4)(c4ccccc4)c4ccccc4)n3)c(Br)c2c1. The van der Waals surface area contributed by atoms with E-state index >= 15 is 0 Å². The highest BCUT2D eigenvalue weighted by Crippen LogP contribution is 2.43. The van der Waals surface area contributed by atoms with Crippen LogP contribution in [-0.4, -0.2) is 74.0 Å². The Morgan fingerprint density at radius 3 is 2.00 bits per heavy atom. The lowest BCUT2D eigenvalue weighted by atomic mass is 9.77. The molecule has 14 nitrogen and oxygen atoms in total. The van der Waals surface area contributed by atoms with Crippen LogP contribution in [0.25, 0.3) is 33.7 Å². The van der Waals surface area contributed by atoms with Crippen molar-refractivity contribution in [2.45, 2.75) is 64.6 Å². The van der Waals surface area contributed by atoms with Crippen LogP contribution < -0.4 is 10.2 Å². The maximum Gasteiger partial charge on any atom is 0.408 e. The van der Waals surface area contributed by atoms with Crippen LogP contribution >= 0.6 is 15.9 Å². The number of aryl methyl sites for hydroxylation is 1. The van der Waals surface area contributed by atoms with Gasteiger partial charge in [-0.3, -0.25) is 9.69 Å². The van der Waals surface area contributed by atoms with Gasteiger partial charge < -0.3 is 23.8 Å². The summed E-state index contributed by atoms with van der Waals surface area (Å²) in [6.07, 6.45) is 1.47. The molecular formula is C52H51BrN8O6. The molecule has 0 saturated carbocycles. The van der Waals surface area contributed by atoms with Crippen molar-refractivity contribution < 1.29 is 28.3 Å². The van der Waals surface area contributed by atoms with Gasteiger partial charge in [0.1, 0.15) is 29.3 Å². The highest BCUT2D eigenvalue weighted by Gasteiger charge is 2.41. The first-order chi connectivity index (χ1) is 32.3. The van der Waals surface area contributed by atoms with Gasteiger partial charge in [0, 0.05) is 36.5 Å². The number of ether oxygens (including phenoxy) is 2. The van der Waals surface area contributed by atoms with Crippen molar-refractivity contribution in [1.82, 2.24) is 35.1 Å². The molecule has 2 amide bonds. The largest absolute Gasteiger partial charge is 0.464 e. The lowest BCUT2D eigenvalue weighted by Gasteiger charge is -2.34. The predicted octanol–water partition coefficient (Wildman–Crippen LogP) is 10.2. The molecule has 0 saturated heterocycles. The number of fused-ring (bicyclic) bond motifs is 1. The lowest BCUT2D eigenvalue weighted by Crippen LogP contribution is -2.41. The number of furan rings is 1. The van der Waals surface area contributed by atoms with Gasteiger partial charge in [-0.25, -0.2) is 14.6 Å². The van der Waals surface area contributed by atoms with E-state index in [1.165, 1.54) is 19.1 Å². The number of esters is 1. The minimum Gasteiger partial charge on any atom is -0.464 e. The summed E-state index contributed by atoms with van der Waals surface area (Å²) in [6.45, 7) is 7.13. The third-order valence-corrected chi connectivity index (χ3v) is 12.2. The Kier molecular flexibility index (Phi) is 13.5. The average Bonchev–Trinajstić information content (AvgIpc) is 4.06. The molecule has 67 heavy (non-hydrogen) atoms. The van der Waals surface area contributed by atoms with E-state index in [4.69, 9.17) is 34.3 Å². The summed E-state index contributed by atoms with van der Waals surface area (Å²) in [5, 5.41) is 18.0. The van der Waals surface area contributed by atoms with Crippen molar-refractivity contribution in [1.29, 1.82) is 0 Å². The predicted molar refractivity (Wildman–Crippen MR) is 260 cm³/mol. The Bertz CT molecular complexity index is 2940. The summed E-state index contributed by atoms with van der Waals surface area (Å²) in [4.78, 5) is 47.2. The van der Waals surface area contributed by atoms with Crippen LogP contribution in [-0.2, 0) is 32.8 Å². The molecule has 0 aliphatic carbocycles. The van der Waals surface area contributed by atoms with Gasteiger partial charge in [-0.2, -0.15) is 0 Å². The molecule has 5 aromatic carbocycles. The topological polar surface area (TPSA) is 160 Å². The van der Waals surface area contributed by atoms with E-state index in [0.29, 0.717) is 39.4 Å². The normalized spacial score (nSPS) is 11.7. The highest BCUT2D eigenvalue weighted by molar-refractivity contribution is 9.10. The van der Waals surface area contributed by atoms with Gasteiger partial charge in [0.15, 0.2) is 17.1 Å². The molecule has 0 unspecified atom stereocenters. The quantitative estimate of drug-likeness (QED) is 0.0774.